The number of hydrogen-bond acceptors (Lipinski definition) is 5. The van der Waals surface area contributed by atoms with Crippen LogP contribution in [0, 0.1) is 11.3 Å². The van der Waals surface area contributed by atoms with Crippen molar-refractivity contribution in [2.45, 2.75) is 12.8 Å². The number of rotatable bonds is 5. The standard InChI is InChI=1S/C24H24N6/c25-16-18-5-6-22-21(15-18)19(17-28-22)3-2-10-29-11-13-30(14-12-29)24-20-4-1-8-26-23(20)7-9-27-24/h1,4-9,15,17,28H,2-3,10-14H2. The lowest BCUT2D eigenvalue weighted by atomic mass is 10.1. The highest BCUT2D eigenvalue weighted by Crippen LogP contribution is 2.24. The van der Waals surface area contributed by atoms with Gasteiger partial charge in [-0.25, -0.2) is 4.98 Å². The molecule has 150 valence electrons. The van der Waals surface area contributed by atoms with Crippen molar-refractivity contribution in [2.75, 3.05) is 37.6 Å². The highest BCUT2D eigenvalue weighted by atomic mass is 15.3. The molecule has 0 saturated carbocycles. The zero-order valence-electron chi connectivity index (χ0n) is 16.9. The molecule has 1 saturated heterocycles. The Hall–Kier alpha value is -3.43. The first-order valence-corrected chi connectivity index (χ1v) is 10.5. The molecule has 5 rings (SSSR count). The lowest BCUT2D eigenvalue weighted by Gasteiger charge is -2.35. The van der Waals surface area contributed by atoms with Crippen molar-refractivity contribution in [3.8, 4) is 6.07 Å². The number of aromatic amines is 1. The van der Waals surface area contributed by atoms with Gasteiger partial charge in [0.2, 0.25) is 0 Å². The molecular formula is C24H24N6. The monoisotopic (exact) mass is 396 g/mol. The van der Waals surface area contributed by atoms with Crippen molar-refractivity contribution in [3.05, 3.63) is 66.1 Å². The molecule has 4 heterocycles. The van der Waals surface area contributed by atoms with Crippen LogP contribution in [0.2, 0.25) is 0 Å². The normalized spacial score (nSPS) is 15.0. The third-order valence-electron chi connectivity index (χ3n) is 6.00. The summed E-state index contributed by atoms with van der Waals surface area (Å²) in [6.45, 7) is 5.15. The molecular weight excluding hydrogens is 372 g/mol. The summed E-state index contributed by atoms with van der Waals surface area (Å²) in [7, 11) is 0. The molecule has 30 heavy (non-hydrogen) atoms. The summed E-state index contributed by atoms with van der Waals surface area (Å²) in [5.41, 5.74) is 4.13. The smallest absolute Gasteiger partial charge is 0.138 e. The minimum atomic E-state index is 0.719. The van der Waals surface area contributed by atoms with Gasteiger partial charge in [-0.15, -0.1) is 0 Å². The third kappa shape index (κ3) is 3.60. The van der Waals surface area contributed by atoms with Crippen molar-refractivity contribution in [1.82, 2.24) is 19.9 Å². The molecule has 1 fully saturated rings. The van der Waals surface area contributed by atoms with E-state index in [1.54, 1.807) is 0 Å². The zero-order valence-corrected chi connectivity index (χ0v) is 16.9. The molecule has 0 atom stereocenters. The Morgan fingerprint density at radius 1 is 1.00 bits per heavy atom. The molecule has 0 spiro atoms. The summed E-state index contributed by atoms with van der Waals surface area (Å²) in [4.78, 5) is 17.3. The number of pyridine rings is 2. The number of nitrogens with one attached hydrogen (secondary N) is 1. The molecule has 0 unspecified atom stereocenters. The van der Waals surface area contributed by atoms with Gasteiger partial charge in [-0.2, -0.15) is 5.26 Å². The average molecular weight is 396 g/mol. The number of aromatic nitrogens is 3. The SMILES string of the molecule is N#Cc1ccc2[nH]cc(CCCN3CCN(c4nccc5ncccc45)CC3)c2c1. The van der Waals surface area contributed by atoms with Crippen LogP contribution in [0.5, 0.6) is 0 Å². The maximum Gasteiger partial charge on any atom is 0.138 e. The molecule has 1 N–H and O–H groups in total. The molecule has 0 radical (unpaired) electrons. The van der Waals surface area contributed by atoms with E-state index >= 15 is 0 Å². The van der Waals surface area contributed by atoms with E-state index in [-0.39, 0.29) is 0 Å². The summed E-state index contributed by atoms with van der Waals surface area (Å²) < 4.78 is 0. The van der Waals surface area contributed by atoms with Crippen LogP contribution in [0.3, 0.4) is 0 Å². The molecule has 0 aliphatic carbocycles. The van der Waals surface area contributed by atoms with Gasteiger partial charge in [0.15, 0.2) is 0 Å². The summed E-state index contributed by atoms with van der Waals surface area (Å²) in [6, 6.07) is 14.1. The third-order valence-corrected chi connectivity index (χ3v) is 6.00. The number of aryl methyl sites for hydroxylation is 1. The predicted molar refractivity (Wildman–Crippen MR) is 120 cm³/mol. The summed E-state index contributed by atoms with van der Waals surface area (Å²) in [6.07, 6.45) is 7.91. The number of piperazine rings is 1. The number of fused-ring (bicyclic) bond motifs is 2. The number of hydrogen-bond donors (Lipinski definition) is 1. The van der Waals surface area contributed by atoms with Crippen molar-refractivity contribution < 1.29 is 0 Å². The minimum absolute atomic E-state index is 0.719. The molecule has 1 aliphatic rings. The van der Waals surface area contributed by atoms with E-state index in [1.165, 1.54) is 10.9 Å². The second kappa shape index (κ2) is 8.13. The summed E-state index contributed by atoms with van der Waals surface area (Å²) in [5.74, 6) is 1.05. The van der Waals surface area contributed by atoms with Crippen LogP contribution in [0.15, 0.2) is 55.0 Å². The Bertz CT molecular complexity index is 1210. The van der Waals surface area contributed by atoms with Crippen molar-refractivity contribution in [1.29, 1.82) is 5.26 Å². The van der Waals surface area contributed by atoms with Crippen LogP contribution < -0.4 is 4.90 Å². The van der Waals surface area contributed by atoms with Crippen LogP contribution in [-0.2, 0) is 6.42 Å². The summed E-state index contributed by atoms with van der Waals surface area (Å²) in [5, 5.41) is 11.5. The van der Waals surface area contributed by atoms with E-state index in [1.807, 2.05) is 42.7 Å². The Balaban J connectivity index is 1.18. The number of nitrogens with zero attached hydrogens (tertiary/aromatic N) is 5. The molecule has 3 aromatic heterocycles. The van der Waals surface area contributed by atoms with E-state index < -0.39 is 0 Å². The van der Waals surface area contributed by atoms with E-state index in [0.717, 1.165) is 73.4 Å². The fourth-order valence-electron chi connectivity index (χ4n) is 4.37. The highest BCUT2D eigenvalue weighted by molar-refractivity contribution is 5.89. The Morgan fingerprint density at radius 3 is 2.77 bits per heavy atom. The Labute approximate surface area is 175 Å². The lowest BCUT2D eigenvalue weighted by molar-refractivity contribution is 0.255. The Kier molecular flexibility index (Phi) is 5.04. The van der Waals surface area contributed by atoms with Crippen molar-refractivity contribution in [2.24, 2.45) is 0 Å². The minimum Gasteiger partial charge on any atom is -0.361 e. The van der Waals surface area contributed by atoms with Gasteiger partial charge in [0.1, 0.15) is 5.82 Å². The topological polar surface area (TPSA) is 71.8 Å². The van der Waals surface area contributed by atoms with Crippen LogP contribution >= 0.6 is 0 Å². The molecule has 6 heteroatoms. The Morgan fingerprint density at radius 2 is 1.90 bits per heavy atom. The molecule has 0 amide bonds. The summed E-state index contributed by atoms with van der Waals surface area (Å²) >= 11 is 0. The second-order valence-electron chi connectivity index (χ2n) is 7.82. The fourth-order valence-corrected chi connectivity index (χ4v) is 4.37. The van der Waals surface area contributed by atoms with Crippen LogP contribution in [0.25, 0.3) is 21.8 Å². The lowest BCUT2D eigenvalue weighted by Crippen LogP contribution is -2.47. The molecule has 0 bridgehead atoms. The van der Waals surface area contributed by atoms with Gasteiger partial charge in [-0.05, 0) is 61.3 Å². The van der Waals surface area contributed by atoms with Crippen LogP contribution in [-0.4, -0.2) is 52.6 Å². The van der Waals surface area contributed by atoms with Gasteiger partial charge in [-0.3, -0.25) is 9.88 Å². The highest BCUT2D eigenvalue weighted by Gasteiger charge is 2.19. The van der Waals surface area contributed by atoms with Crippen LogP contribution in [0.1, 0.15) is 17.5 Å². The van der Waals surface area contributed by atoms with E-state index in [2.05, 4.69) is 43.1 Å². The predicted octanol–water partition coefficient (Wildman–Crippen LogP) is 3.74. The zero-order chi connectivity index (χ0) is 20.3. The van der Waals surface area contributed by atoms with Gasteiger partial charge in [0.25, 0.3) is 0 Å². The van der Waals surface area contributed by atoms with Crippen molar-refractivity contribution >= 4 is 27.6 Å². The molecule has 4 aromatic rings. The number of benzene rings is 1. The number of nitriles is 1. The average Bonchev–Trinajstić information content (AvgIpc) is 3.21. The van der Waals surface area contributed by atoms with Gasteiger partial charge < -0.3 is 9.88 Å². The van der Waals surface area contributed by atoms with Gasteiger partial charge in [-0.1, -0.05) is 0 Å². The van der Waals surface area contributed by atoms with E-state index in [9.17, 15) is 0 Å². The first-order chi connectivity index (χ1) is 14.8. The van der Waals surface area contributed by atoms with E-state index in [0.29, 0.717) is 0 Å². The first-order valence-electron chi connectivity index (χ1n) is 10.5. The van der Waals surface area contributed by atoms with Crippen molar-refractivity contribution in [3.63, 3.8) is 0 Å². The molecule has 1 aromatic carbocycles. The quantitative estimate of drug-likeness (QED) is 0.556. The van der Waals surface area contributed by atoms with Crippen LogP contribution in [0.4, 0.5) is 5.82 Å². The largest absolute Gasteiger partial charge is 0.361 e. The molecule has 6 nitrogen and oxygen atoms in total. The number of anilines is 1. The first kappa shape index (κ1) is 18.6. The van der Waals surface area contributed by atoms with E-state index in [4.69, 9.17) is 5.26 Å². The maximum atomic E-state index is 9.16. The second-order valence-corrected chi connectivity index (χ2v) is 7.82. The van der Waals surface area contributed by atoms with Gasteiger partial charge in [0, 0.05) is 61.1 Å². The fraction of sp³-hybridized carbons (Fsp3) is 0.292. The van der Waals surface area contributed by atoms with Gasteiger partial charge in [0.05, 0.1) is 17.1 Å². The number of H-pyrrole nitrogens is 1. The van der Waals surface area contributed by atoms with Gasteiger partial charge >= 0.3 is 0 Å². The molecule has 1 aliphatic heterocycles. The maximum absolute atomic E-state index is 9.16.